The van der Waals surface area contributed by atoms with E-state index in [0.29, 0.717) is 22.2 Å². The molecule has 1 amide bonds. The number of sulfonamides is 1. The van der Waals surface area contributed by atoms with Crippen molar-refractivity contribution in [3.8, 4) is 0 Å². The number of hydrogen-bond donors (Lipinski definition) is 1. The average molecular weight is 537 g/mol. The summed E-state index contributed by atoms with van der Waals surface area (Å²) in [5.41, 5.74) is 2.94. The largest absolute Gasteiger partial charge is 0.323 e. The van der Waals surface area contributed by atoms with Gasteiger partial charge in [0.2, 0.25) is 5.91 Å². The number of carbonyl (C=O) groups excluding carboxylic acids is 1. The predicted molar refractivity (Wildman–Crippen MR) is 148 cm³/mol. The molecule has 0 radical (unpaired) electrons. The summed E-state index contributed by atoms with van der Waals surface area (Å²) in [6, 6.07) is 30.4. The van der Waals surface area contributed by atoms with E-state index in [-0.39, 0.29) is 11.4 Å². The van der Waals surface area contributed by atoms with Crippen LogP contribution in [-0.2, 0) is 20.6 Å². The minimum atomic E-state index is -3.97. The number of nitrogens with one attached hydrogen (secondary N) is 1. The van der Waals surface area contributed by atoms with Crippen LogP contribution in [0, 0.1) is 6.92 Å². The van der Waals surface area contributed by atoms with Gasteiger partial charge in [0.15, 0.2) is 0 Å². The van der Waals surface area contributed by atoms with E-state index in [2.05, 4.69) is 5.32 Å². The third-order valence-electron chi connectivity index (χ3n) is 5.47. The lowest BCUT2D eigenvalue weighted by atomic mass is 10.2. The molecule has 4 aromatic rings. The molecule has 5 nitrogen and oxygen atoms in total. The summed E-state index contributed by atoms with van der Waals surface area (Å²) in [5.74, 6) is 0.263. The van der Waals surface area contributed by atoms with Crippen LogP contribution in [0.3, 0.4) is 0 Å². The Hall–Kier alpha value is -3.26. The van der Waals surface area contributed by atoms with E-state index >= 15 is 0 Å². The Labute approximate surface area is 221 Å². The highest BCUT2D eigenvalue weighted by Gasteiger charge is 2.28. The molecule has 0 fully saturated rings. The molecule has 0 aliphatic heterocycles. The van der Waals surface area contributed by atoms with Gasteiger partial charge in [0.25, 0.3) is 10.0 Å². The number of amides is 1. The number of hydrogen-bond acceptors (Lipinski definition) is 4. The number of nitrogens with zero attached hydrogens (tertiary/aromatic N) is 1. The SMILES string of the molecule is Cc1ccccc1N(CC(=O)Nc1ccccc1SCc1ccc(Cl)cc1)S(=O)(=O)c1ccccc1. The maximum absolute atomic E-state index is 13.6. The van der Waals surface area contributed by atoms with Gasteiger partial charge in [-0.25, -0.2) is 8.42 Å². The number of carbonyl (C=O) groups is 1. The van der Waals surface area contributed by atoms with Crippen molar-refractivity contribution in [1.29, 1.82) is 0 Å². The fraction of sp³-hybridized carbons (Fsp3) is 0.107. The molecule has 4 rings (SSSR count). The van der Waals surface area contributed by atoms with E-state index in [1.165, 1.54) is 12.1 Å². The topological polar surface area (TPSA) is 66.5 Å². The lowest BCUT2D eigenvalue weighted by molar-refractivity contribution is -0.114. The summed E-state index contributed by atoms with van der Waals surface area (Å²) in [7, 11) is -3.97. The number of thioether (sulfide) groups is 1. The Morgan fingerprint density at radius 1 is 0.861 bits per heavy atom. The lowest BCUT2D eigenvalue weighted by Crippen LogP contribution is -2.38. The third-order valence-corrected chi connectivity index (χ3v) is 8.64. The molecule has 0 heterocycles. The van der Waals surface area contributed by atoms with Crippen molar-refractivity contribution in [2.45, 2.75) is 22.5 Å². The van der Waals surface area contributed by atoms with Crippen LogP contribution in [0.15, 0.2) is 113 Å². The first kappa shape index (κ1) is 25.8. The van der Waals surface area contributed by atoms with Crippen molar-refractivity contribution in [2.75, 3.05) is 16.2 Å². The Morgan fingerprint density at radius 3 is 2.22 bits per heavy atom. The molecule has 4 aromatic carbocycles. The molecule has 0 aliphatic rings. The standard InChI is InChI=1S/C28H25ClN2O3S2/c1-21-9-5-7-13-26(21)31(36(33,34)24-10-3-2-4-11-24)19-28(32)30-25-12-6-8-14-27(25)35-20-22-15-17-23(29)18-16-22/h2-18H,19-20H2,1H3,(H,30,32). The predicted octanol–water partition coefficient (Wildman–Crippen LogP) is 6.77. The van der Waals surface area contributed by atoms with Gasteiger partial charge in [-0.05, 0) is 60.5 Å². The molecule has 0 saturated carbocycles. The number of benzene rings is 4. The second-order valence-electron chi connectivity index (χ2n) is 8.07. The maximum Gasteiger partial charge on any atom is 0.264 e. The van der Waals surface area contributed by atoms with Crippen molar-refractivity contribution >= 4 is 50.7 Å². The highest BCUT2D eigenvalue weighted by Crippen LogP contribution is 2.31. The second-order valence-corrected chi connectivity index (χ2v) is 11.4. The summed E-state index contributed by atoms with van der Waals surface area (Å²) in [6.45, 7) is 1.46. The zero-order valence-corrected chi connectivity index (χ0v) is 22.0. The highest BCUT2D eigenvalue weighted by atomic mass is 35.5. The zero-order chi connectivity index (χ0) is 25.5. The highest BCUT2D eigenvalue weighted by molar-refractivity contribution is 7.98. The molecule has 0 aromatic heterocycles. The first-order chi connectivity index (χ1) is 17.3. The summed E-state index contributed by atoms with van der Waals surface area (Å²) >= 11 is 7.56. The molecule has 0 spiro atoms. The second kappa shape index (κ2) is 11.6. The van der Waals surface area contributed by atoms with Crippen LogP contribution in [0.25, 0.3) is 0 Å². The van der Waals surface area contributed by atoms with Crippen LogP contribution in [0.4, 0.5) is 11.4 Å². The van der Waals surface area contributed by atoms with Gasteiger partial charge in [-0.15, -0.1) is 11.8 Å². The minimum Gasteiger partial charge on any atom is -0.323 e. The summed E-state index contributed by atoms with van der Waals surface area (Å²) < 4.78 is 28.3. The normalized spacial score (nSPS) is 11.2. The van der Waals surface area contributed by atoms with Crippen molar-refractivity contribution in [1.82, 2.24) is 0 Å². The minimum absolute atomic E-state index is 0.125. The molecule has 0 aliphatic carbocycles. The van der Waals surface area contributed by atoms with Gasteiger partial charge in [-0.2, -0.15) is 0 Å². The van der Waals surface area contributed by atoms with E-state index in [0.717, 1.165) is 20.3 Å². The van der Waals surface area contributed by atoms with E-state index in [9.17, 15) is 13.2 Å². The van der Waals surface area contributed by atoms with Gasteiger partial charge in [-0.1, -0.05) is 72.3 Å². The number of rotatable bonds is 9. The fourth-order valence-electron chi connectivity index (χ4n) is 3.62. The van der Waals surface area contributed by atoms with Gasteiger partial charge in [-0.3, -0.25) is 9.10 Å². The van der Waals surface area contributed by atoms with E-state index in [4.69, 9.17) is 11.6 Å². The number of halogens is 1. The van der Waals surface area contributed by atoms with Crippen LogP contribution in [-0.4, -0.2) is 20.9 Å². The van der Waals surface area contributed by atoms with Crippen molar-refractivity contribution in [3.05, 3.63) is 119 Å². The zero-order valence-electron chi connectivity index (χ0n) is 19.6. The molecule has 8 heteroatoms. The van der Waals surface area contributed by atoms with Crippen molar-refractivity contribution < 1.29 is 13.2 Å². The Bertz CT molecular complexity index is 1440. The van der Waals surface area contributed by atoms with Gasteiger partial charge >= 0.3 is 0 Å². The third kappa shape index (κ3) is 6.29. The van der Waals surface area contributed by atoms with Crippen LogP contribution in [0.5, 0.6) is 0 Å². The van der Waals surface area contributed by atoms with Crippen molar-refractivity contribution in [2.24, 2.45) is 0 Å². The van der Waals surface area contributed by atoms with Gasteiger partial charge in [0, 0.05) is 15.7 Å². The average Bonchev–Trinajstić information content (AvgIpc) is 2.89. The molecule has 0 bridgehead atoms. The monoisotopic (exact) mass is 536 g/mol. The summed E-state index contributed by atoms with van der Waals surface area (Å²) in [4.78, 5) is 14.2. The lowest BCUT2D eigenvalue weighted by Gasteiger charge is -2.25. The smallest absolute Gasteiger partial charge is 0.264 e. The first-order valence-corrected chi connectivity index (χ1v) is 14.0. The molecular weight excluding hydrogens is 512 g/mol. The fourth-order valence-corrected chi connectivity index (χ4v) is 6.22. The number of para-hydroxylation sites is 2. The number of anilines is 2. The van der Waals surface area contributed by atoms with E-state index < -0.39 is 15.9 Å². The Balaban J connectivity index is 1.56. The summed E-state index contributed by atoms with van der Waals surface area (Å²) in [6.07, 6.45) is 0. The molecule has 0 unspecified atom stereocenters. The molecular formula is C28H25ClN2O3S2. The van der Waals surface area contributed by atoms with Gasteiger partial charge in [0.1, 0.15) is 6.54 Å². The van der Waals surface area contributed by atoms with Crippen LogP contribution < -0.4 is 9.62 Å². The van der Waals surface area contributed by atoms with Gasteiger partial charge in [0.05, 0.1) is 16.3 Å². The molecule has 1 N–H and O–H groups in total. The Kier molecular flexibility index (Phi) is 8.36. The number of aryl methyl sites for hydroxylation is 1. The maximum atomic E-state index is 13.6. The molecule has 184 valence electrons. The quantitative estimate of drug-likeness (QED) is 0.240. The van der Waals surface area contributed by atoms with E-state index in [1.54, 1.807) is 42.1 Å². The van der Waals surface area contributed by atoms with Gasteiger partial charge < -0.3 is 5.32 Å². The molecule has 0 saturated heterocycles. The van der Waals surface area contributed by atoms with Crippen LogP contribution in [0.2, 0.25) is 5.02 Å². The first-order valence-electron chi connectivity index (χ1n) is 11.2. The van der Waals surface area contributed by atoms with Crippen LogP contribution >= 0.6 is 23.4 Å². The van der Waals surface area contributed by atoms with Crippen LogP contribution in [0.1, 0.15) is 11.1 Å². The van der Waals surface area contributed by atoms with Crippen molar-refractivity contribution in [3.63, 3.8) is 0 Å². The molecule has 36 heavy (non-hydrogen) atoms. The van der Waals surface area contributed by atoms with E-state index in [1.807, 2.05) is 67.6 Å². The summed E-state index contributed by atoms with van der Waals surface area (Å²) in [5, 5.41) is 3.59. The molecule has 0 atom stereocenters. The Morgan fingerprint density at radius 2 is 1.50 bits per heavy atom.